The normalized spacial score (nSPS) is 11.1. The molecule has 13 heavy (non-hydrogen) atoms. The smallest absolute Gasteiger partial charge is 0.409 e. The van der Waals surface area contributed by atoms with Crippen molar-refractivity contribution in [2.75, 3.05) is 20.2 Å². The molecule has 3 N–H and O–H groups in total. The van der Waals surface area contributed by atoms with Gasteiger partial charge in [0.25, 0.3) is 0 Å². The number of rotatable bonds is 4. The minimum atomic E-state index is -0.478. The summed E-state index contributed by atoms with van der Waals surface area (Å²) in [5.41, 5.74) is 5.25. The molecule has 6 nitrogen and oxygen atoms in total. The Labute approximate surface area is 76.9 Å². The molecule has 0 fully saturated rings. The van der Waals surface area contributed by atoms with E-state index in [1.54, 1.807) is 0 Å². The first-order chi connectivity index (χ1) is 6.15. The van der Waals surface area contributed by atoms with Crippen LogP contribution < -0.4 is 5.73 Å². The van der Waals surface area contributed by atoms with Crippen LogP contribution in [-0.4, -0.2) is 42.2 Å². The van der Waals surface area contributed by atoms with Crippen LogP contribution in [0.15, 0.2) is 5.16 Å². The van der Waals surface area contributed by atoms with Crippen LogP contribution in [0.4, 0.5) is 4.79 Å². The number of hydrogen-bond donors (Lipinski definition) is 2. The molecule has 0 aliphatic carbocycles. The first-order valence-electron chi connectivity index (χ1n) is 3.95. The number of ether oxygens (including phenoxy) is 1. The van der Waals surface area contributed by atoms with Gasteiger partial charge in [-0.2, -0.15) is 0 Å². The Morgan fingerprint density at radius 2 is 2.31 bits per heavy atom. The predicted molar refractivity (Wildman–Crippen MR) is 47.7 cm³/mol. The molecule has 0 bridgehead atoms. The van der Waals surface area contributed by atoms with Crippen molar-refractivity contribution < 1.29 is 14.7 Å². The molecular formula is C7H15N3O3. The second-order valence-electron chi connectivity index (χ2n) is 2.48. The molecule has 1 amide bonds. The fourth-order valence-electron chi connectivity index (χ4n) is 0.861. The van der Waals surface area contributed by atoms with Crippen molar-refractivity contribution >= 4 is 11.9 Å². The zero-order chi connectivity index (χ0) is 10.3. The van der Waals surface area contributed by atoms with Gasteiger partial charge in [0.15, 0.2) is 5.84 Å². The maximum atomic E-state index is 11.1. The summed E-state index contributed by atoms with van der Waals surface area (Å²) in [7, 11) is 1.29. The number of nitrogens with two attached hydrogens (primary N) is 1. The van der Waals surface area contributed by atoms with Crippen LogP contribution in [0.2, 0.25) is 0 Å². The second-order valence-corrected chi connectivity index (χ2v) is 2.48. The van der Waals surface area contributed by atoms with Crippen molar-refractivity contribution in [1.29, 1.82) is 0 Å². The summed E-state index contributed by atoms with van der Waals surface area (Å²) in [6.45, 7) is 2.52. The molecule has 0 aromatic rings. The molecule has 6 heteroatoms. The van der Waals surface area contributed by atoms with Crippen molar-refractivity contribution in [2.24, 2.45) is 10.9 Å². The number of nitrogens with zero attached hydrogens (tertiary/aromatic N) is 2. The van der Waals surface area contributed by atoms with Gasteiger partial charge in [0, 0.05) is 6.54 Å². The second kappa shape index (κ2) is 6.10. The summed E-state index contributed by atoms with van der Waals surface area (Å²) in [6, 6.07) is 0. The van der Waals surface area contributed by atoms with Gasteiger partial charge in [0.2, 0.25) is 0 Å². The van der Waals surface area contributed by atoms with E-state index in [1.165, 1.54) is 12.0 Å². The molecule has 0 unspecified atom stereocenters. The largest absolute Gasteiger partial charge is 0.453 e. The lowest BCUT2D eigenvalue weighted by Gasteiger charge is -2.19. The summed E-state index contributed by atoms with van der Waals surface area (Å²) < 4.78 is 4.51. The maximum absolute atomic E-state index is 11.1. The SMILES string of the molecule is CCCN(CC(N)=NO)C(=O)OC. The number of methoxy groups -OCH3 is 1. The molecule has 0 atom stereocenters. The van der Waals surface area contributed by atoms with Gasteiger partial charge in [-0.3, -0.25) is 0 Å². The average Bonchev–Trinajstić information content (AvgIpc) is 2.15. The van der Waals surface area contributed by atoms with Crippen LogP contribution >= 0.6 is 0 Å². The van der Waals surface area contributed by atoms with Crippen LogP contribution in [0.5, 0.6) is 0 Å². The number of carbonyl (C=O) groups is 1. The van der Waals surface area contributed by atoms with Crippen molar-refractivity contribution in [2.45, 2.75) is 13.3 Å². The summed E-state index contributed by atoms with van der Waals surface area (Å²) >= 11 is 0. The van der Waals surface area contributed by atoms with E-state index >= 15 is 0 Å². The van der Waals surface area contributed by atoms with Crippen LogP contribution in [0.3, 0.4) is 0 Å². The number of hydrogen-bond acceptors (Lipinski definition) is 4. The van der Waals surface area contributed by atoms with Gasteiger partial charge in [-0.05, 0) is 6.42 Å². The fourth-order valence-corrected chi connectivity index (χ4v) is 0.861. The Kier molecular flexibility index (Phi) is 5.42. The van der Waals surface area contributed by atoms with Crippen LogP contribution in [0.1, 0.15) is 13.3 Å². The maximum Gasteiger partial charge on any atom is 0.409 e. The molecule has 0 aliphatic rings. The van der Waals surface area contributed by atoms with Crippen LogP contribution in [0.25, 0.3) is 0 Å². The zero-order valence-electron chi connectivity index (χ0n) is 7.86. The third-order valence-electron chi connectivity index (χ3n) is 1.41. The molecule has 0 aromatic heterocycles. The topological polar surface area (TPSA) is 88.1 Å². The highest BCUT2D eigenvalue weighted by molar-refractivity contribution is 5.84. The van der Waals surface area contributed by atoms with Gasteiger partial charge in [0.1, 0.15) is 0 Å². The van der Waals surface area contributed by atoms with Gasteiger partial charge in [-0.1, -0.05) is 12.1 Å². The van der Waals surface area contributed by atoms with E-state index in [0.29, 0.717) is 6.54 Å². The van der Waals surface area contributed by atoms with E-state index in [9.17, 15) is 4.79 Å². The standard InChI is InChI=1S/C7H15N3O3/c1-3-4-10(7(11)13-2)5-6(8)9-12/h12H,3-5H2,1-2H3,(H2,8,9). The number of amides is 1. The van der Waals surface area contributed by atoms with E-state index < -0.39 is 6.09 Å². The molecule has 0 rings (SSSR count). The minimum Gasteiger partial charge on any atom is -0.453 e. The molecule has 76 valence electrons. The Bertz CT molecular complexity index is 193. The molecule has 0 saturated carbocycles. The van der Waals surface area contributed by atoms with E-state index in [-0.39, 0.29) is 12.4 Å². The Balaban J connectivity index is 4.17. The number of amidine groups is 1. The highest BCUT2D eigenvalue weighted by Crippen LogP contribution is 1.94. The van der Waals surface area contributed by atoms with Crippen molar-refractivity contribution in [3.8, 4) is 0 Å². The van der Waals surface area contributed by atoms with Gasteiger partial charge in [-0.25, -0.2) is 4.79 Å². The van der Waals surface area contributed by atoms with Crippen molar-refractivity contribution in [3.63, 3.8) is 0 Å². The fraction of sp³-hybridized carbons (Fsp3) is 0.714. The van der Waals surface area contributed by atoms with E-state index in [1.807, 2.05) is 6.92 Å². The van der Waals surface area contributed by atoms with E-state index in [0.717, 1.165) is 6.42 Å². The summed E-state index contributed by atoms with van der Waals surface area (Å²) in [5, 5.41) is 11.1. The quantitative estimate of drug-likeness (QED) is 0.286. The third kappa shape index (κ3) is 4.19. The summed E-state index contributed by atoms with van der Waals surface area (Å²) in [6.07, 6.45) is 0.307. The first kappa shape index (κ1) is 11.5. The monoisotopic (exact) mass is 189 g/mol. The molecular weight excluding hydrogens is 174 g/mol. The first-order valence-corrected chi connectivity index (χ1v) is 3.95. The van der Waals surface area contributed by atoms with Crippen LogP contribution in [-0.2, 0) is 4.74 Å². The lowest BCUT2D eigenvalue weighted by molar-refractivity contribution is 0.129. The van der Waals surface area contributed by atoms with Gasteiger partial charge in [0.05, 0.1) is 13.7 Å². The summed E-state index contributed by atoms with van der Waals surface area (Å²) in [4.78, 5) is 12.4. The lowest BCUT2D eigenvalue weighted by Crippen LogP contribution is -2.38. The third-order valence-corrected chi connectivity index (χ3v) is 1.41. The van der Waals surface area contributed by atoms with Crippen molar-refractivity contribution in [3.05, 3.63) is 0 Å². The molecule has 0 heterocycles. The summed E-state index contributed by atoms with van der Waals surface area (Å²) in [5.74, 6) is -0.0150. The van der Waals surface area contributed by atoms with Gasteiger partial charge in [-0.15, -0.1) is 0 Å². The average molecular weight is 189 g/mol. The van der Waals surface area contributed by atoms with Gasteiger partial charge >= 0.3 is 6.09 Å². The Morgan fingerprint density at radius 3 is 2.69 bits per heavy atom. The number of carbonyl (C=O) groups excluding carboxylic acids is 1. The highest BCUT2D eigenvalue weighted by Gasteiger charge is 2.13. The van der Waals surface area contributed by atoms with E-state index in [4.69, 9.17) is 10.9 Å². The van der Waals surface area contributed by atoms with Crippen molar-refractivity contribution in [1.82, 2.24) is 4.90 Å². The molecule has 0 aromatic carbocycles. The number of oxime groups is 1. The highest BCUT2D eigenvalue weighted by atomic mass is 16.5. The lowest BCUT2D eigenvalue weighted by atomic mass is 10.4. The zero-order valence-corrected chi connectivity index (χ0v) is 7.86. The predicted octanol–water partition coefficient (Wildman–Crippen LogP) is 0.211. The molecule has 0 spiro atoms. The molecule has 0 saturated heterocycles. The minimum absolute atomic E-state index is 0.0150. The Hall–Kier alpha value is -1.46. The van der Waals surface area contributed by atoms with Gasteiger partial charge < -0.3 is 20.6 Å². The molecule has 0 aliphatic heterocycles. The Morgan fingerprint density at radius 1 is 1.69 bits per heavy atom. The molecule has 0 radical (unpaired) electrons. The van der Waals surface area contributed by atoms with E-state index in [2.05, 4.69) is 9.89 Å². The van der Waals surface area contributed by atoms with Crippen LogP contribution in [0, 0.1) is 0 Å².